The average Bonchev–Trinajstić information content (AvgIpc) is 2.72. The number of rotatable bonds is 4. The zero-order valence-corrected chi connectivity index (χ0v) is 12.5. The summed E-state index contributed by atoms with van der Waals surface area (Å²) in [5.74, 6) is 0.793. The Morgan fingerprint density at radius 3 is 2.78 bits per heavy atom. The van der Waals surface area contributed by atoms with E-state index in [1.165, 1.54) is 36.1 Å². The number of ether oxygens (including phenoxy) is 1. The highest BCUT2D eigenvalue weighted by molar-refractivity contribution is 7.10. The molecule has 2 rings (SSSR count). The fourth-order valence-corrected chi connectivity index (χ4v) is 3.89. The summed E-state index contributed by atoms with van der Waals surface area (Å²) in [7, 11) is 0. The fourth-order valence-electron chi connectivity index (χ4n) is 2.81. The van der Waals surface area contributed by atoms with Gasteiger partial charge < -0.3 is 10.5 Å². The van der Waals surface area contributed by atoms with Crippen molar-refractivity contribution in [2.75, 3.05) is 0 Å². The standard InChI is InChI=1S/C15H25NOS/c1-10-5-4-6-13(9-10)17-14(12(3)16)15-11(2)7-8-18-15/h7-8,10,12-14H,4-6,9,16H2,1-3H3. The van der Waals surface area contributed by atoms with Gasteiger partial charge in [0.05, 0.1) is 6.10 Å². The molecule has 0 amide bonds. The summed E-state index contributed by atoms with van der Waals surface area (Å²) in [6, 6.07) is 2.21. The third-order valence-electron chi connectivity index (χ3n) is 3.87. The molecule has 1 aromatic rings. The van der Waals surface area contributed by atoms with Gasteiger partial charge >= 0.3 is 0 Å². The first kappa shape index (κ1) is 14.0. The van der Waals surface area contributed by atoms with Crippen molar-refractivity contribution in [2.45, 2.75) is 64.7 Å². The van der Waals surface area contributed by atoms with E-state index < -0.39 is 0 Å². The first-order valence-electron chi connectivity index (χ1n) is 7.03. The molecule has 0 saturated heterocycles. The van der Waals surface area contributed by atoms with Gasteiger partial charge in [0.2, 0.25) is 0 Å². The molecule has 102 valence electrons. The van der Waals surface area contributed by atoms with Gasteiger partial charge in [-0.05, 0) is 49.6 Å². The highest BCUT2D eigenvalue weighted by Gasteiger charge is 2.27. The lowest BCUT2D eigenvalue weighted by atomic mass is 9.88. The third-order valence-corrected chi connectivity index (χ3v) is 4.95. The molecule has 1 heterocycles. The van der Waals surface area contributed by atoms with Gasteiger partial charge in [0, 0.05) is 10.9 Å². The van der Waals surface area contributed by atoms with Crippen molar-refractivity contribution in [3.8, 4) is 0 Å². The summed E-state index contributed by atoms with van der Waals surface area (Å²) in [5.41, 5.74) is 7.44. The second-order valence-corrected chi connectivity index (χ2v) is 6.73. The molecule has 3 heteroatoms. The quantitative estimate of drug-likeness (QED) is 0.893. The molecule has 2 N–H and O–H groups in total. The maximum Gasteiger partial charge on any atom is 0.107 e. The van der Waals surface area contributed by atoms with E-state index in [1.54, 1.807) is 11.3 Å². The number of nitrogens with two attached hydrogens (primary N) is 1. The number of thiophene rings is 1. The largest absolute Gasteiger partial charge is 0.368 e. The minimum atomic E-state index is 0.0552. The number of hydrogen-bond acceptors (Lipinski definition) is 3. The van der Waals surface area contributed by atoms with Crippen molar-refractivity contribution in [3.63, 3.8) is 0 Å². The minimum Gasteiger partial charge on any atom is -0.368 e. The summed E-state index contributed by atoms with van der Waals surface area (Å²) in [4.78, 5) is 1.31. The minimum absolute atomic E-state index is 0.0552. The Hall–Kier alpha value is -0.380. The van der Waals surface area contributed by atoms with Gasteiger partial charge in [0.1, 0.15) is 6.10 Å². The van der Waals surface area contributed by atoms with Crippen LogP contribution in [0.5, 0.6) is 0 Å². The molecular formula is C15H25NOS. The van der Waals surface area contributed by atoms with E-state index in [9.17, 15) is 0 Å². The predicted octanol–water partition coefficient (Wildman–Crippen LogP) is 4.04. The molecule has 0 radical (unpaired) electrons. The molecule has 1 aliphatic rings. The first-order chi connectivity index (χ1) is 8.58. The molecular weight excluding hydrogens is 242 g/mol. The van der Waals surface area contributed by atoms with Crippen LogP contribution >= 0.6 is 11.3 Å². The Labute approximate surface area is 115 Å². The third kappa shape index (κ3) is 3.34. The second kappa shape index (κ2) is 6.18. The van der Waals surface area contributed by atoms with Crippen molar-refractivity contribution in [1.82, 2.24) is 0 Å². The van der Waals surface area contributed by atoms with Crippen molar-refractivity contribution in [2.24, 2.45) is 11.7 Å². The van der Waals surface area contributed by atoms with E-state index in [-0.39, 0.29) is 12.1 Å². The normalized spacial score (nSPS) is 28.0. The molecule has 1 saturated carbocycles. The maximum atomic E-state index is 6.33. The number of aryl methyl sites for hydroxylation is 1. The summed E-state index contributed by atoms with van der Waals surface area (Å²) >= 11 is 1.77. The summed E-state index contributed by atoms with van der Waals surface area (Å²) in [6.45, 7) is 6.52. The topological polar surface area (TPSA) is 35.2 Å². The van der Waals surface area contributed by atoms with Crippen molar-refractivity contribution in [1.29, 1.82) is 0 Å². The van der Waals surface area contributed by atoms with Crippen molar-refractivity contribution in [3.05, 3.63) is 21.9 Å². The Bertz CT molecular complexity index is 374. The van der Waals surface area contributed by atoms with Gasteiger partial charge in [0.15, 0.2) is 0 Å². The zero-order valence-electron chi connectivity index (χ0n) is 11.7. The molecule has 0 bridgehead atoms. The fraction of sp³-hybridized carbons (Fsp3) is 0.733. The molecule has 4 atom stereocenters. The van der Waals surface area contributed by atoms with Crippen molar-refractivity contribution >= 4 is 11.3 Å². The van der Waals surface area contributed by atoms with Gasteiger partial charge in [-0.3, -0.25) is 0 Å². The second-order valence-electron chi connectivity index (χ2n) is 5.78. The van der Waals surface area contributed by atoms with Gasteiger partial charge in [-0.25, -0.2) is 0 Å². The van der Waals surface area contributed by atoms with Crippen LogP contribution < -0.4 is 5.73 Å². The van der Waals surface area contributed by atoms with E-state index in [0.717, 1.165) is 5.92 Å². The average molecular weight is 267 g/mol. The highest BCUT2D eigenvalue weighted by Crippen LogP contribution is 2.34. The van der Waals surface area contributed by atoms with Crippen LogP contribution in [0, 0.1) is 12.8 Å². The van der Waals surface area contributed by atoms with E-state index in [2.05, 4.69) is 32.2 Å². The van der Waals surface area contributed by atoms with E-state index in [0.29, 0.717) is 6.10 Å². The van der Waals surface area contributed by atoms with Crippen LogP contribution in [0.2, 0.25) is 0 Å². The van der Waals surface area contributed by atoms with Crippen LogP contribution in [0.1, 0.15) is 56.1 Å². The van der Waals surface area contributed by atoms with Gasteiger partial charge in [-0.1, -0.05) is 19.8 Å². The molecule has 0 spiro atoms. The van der Waals surface area contributed by atoms with Crippen LogP contribution in [0.15, 0.2) is 11.4 Å². The maximum absolute atomic E-state index is 6.33. The lowest BCUT2D eigenvalue weighted by Crippen LogP contribution is -2.32. The lowest BCUT2D eigenvalue weighted by molar-refractivity contribution is -0.0476. The van der Waals surface area contributed by atoms with Crippen molar-refractivity contribution < 1.29 is 4.74 Å². The molecule has 0 aliphatic heterocycles. The summed E-state index contributed by atoms with van der Waals surface area (Å²) < 4.78 is 6.33. The molecule has 2 nitrogen and oxygen atoms in total. The Morgan fingerprint density at radius 1 is 1.44 bits per heavy atom. The first-order valence-corrected chi connectivity index (χ1v) is 7.91. The lowest BCUT2D eigenvalue weighted by Gasteiger charge is -2.32. The van der Waals surface area contributed by atoms with Crippen LogP contribution in [-0.4, -0.2) is 12.1 Å². The zero-order chi connectivity index (χ0) is 13.1. The predicted molar refractivity (Wildman–Crippen MR) is 78.0 cm³/mol. The SMILES string of the molecule is Cc1ccsc1C(OC1CCCC(C)C1)C(C)N. The van der Waals surface area contributed by atoms with Gasteiger partial charge in [-0.2, -0.15) is 0 Å². The highest BCUT2D eigenvalue weighted by atomic mass is 32.1. The molecule has 1 fully saturated rings. The van der Waals surface area contributed by atoms with E-state index in [1.807, 2.05) is 0 Å². The van der Waals surface area contributed by atoms with Crippen LogP contribution in [0.3, 0.4) is 0 Å². The summed E-state index contributed by atoms with van der Waals surface area (Å²) in [6.07, 6.45) is 5.49. The smallest absolute Gasteiger partial charge is 0.107 e. The molecule has 4 unspecified atom stereocenters. The monoisotopic (exact) mass is 267 g/mol. The number of hydrogen-bond donors (Lipinski definition) is 1. The Kier molecular flexibility index (Phi) is 4.82. The van der Waals surface area contributed by atoms with Crippen LogP contribution in [0.25, 0.3) is 0 Å². The molecule has 18 heavy (non-hydrogen) atoms. The Morgan fingerprint density at radius 2 is 2.22 bits per heavy atom. The molecule has 1 aliphatic carbocycles. The van der Waals surface area contributed by atoms with Crippen LogP contribution in [0.4, 0.5) is 0 Å². The van der Waals surface area contributed by atoms with Crippen LogP contribution in [-0.2, 0) is 4.74 Å². The van der Waals surface area contributed by atoms with Gasteiger partial charge in [-0.15, -0.1) is 11.3 Å². The van der Waals surface area contributed by atoms with E-state index in [4.69, 9.17) is 10.5 Å². The Balaban J connectivity index is 2.05. The van der Waals surface area contributed by atoms with E-state index >= 15 is 0 Å². The molecule has 1 aromatic heterocycles. The molecule has 0 aromatic carbocycles. The van der Waals surface area contributed by atoms with Gasteiger partial charge in [0.25, 0.3) is 0 Å². The summed E-state index contributed by atoms with van der Waals surface area (Å²) in [5, 5.41) is 2.13.